The molecule has 2 unspecified atom stereocenters. The van der Waals surface area contributed by atoms with Crippen molar-refractivity contribution in [3.63, 3.8) is 0 Å². The van der Waals surface area contributed by atoms with E-state index in [0.717, 1.165) is 16.7 Å². The summed E-state index contributed by atoms with van der Waals surface area (Å²) in [5, 5.41) is 4.31. The normalized spacial score (nSPS) is 22.5. The second-order valence-corrected chi connectivity index (χ2v) is 7.82. The van der Waals surface area contributed by atoms with Crippen LogP contribution in [0, 0.1) is 5.41 Å². The predicted molar refractivity (Wildman–Crippen MR) is 77.7 cm³/mol. The quantitative estimate of drug-likeness (QED) is 0.858. The van der Waals surface area contributed by atoms with E-state index in [1.165, 1.54) is 0 Å². The summed E-state index contributed by atoms with van der Waals surface area (Å²) in [6, 6.07) is 0. The number of nitrogens with two attached hydrogens (primary N) is 1. The summed E-state index contributed by atoms with van der Waals surface area (Å²) in [4.78, 5) is 24.4. The Hall–Kier alpha value is -1.56. The number of aromatic nitrogens is 2. The molecular weight excluding hydrogens is 357 g/mol. The lowest BCUT2D eigenvalue weighted by molar-refractivity contribution is -0.138. The van der Waals surface area contributed by atoms with E-state index in [0.29, 0.717) is 0 Å². The summed E-state index contributed by atoms with van der Waals surface area (Å²) < 4.78 is 42.8. The van der Waals surface area contributed by atoms with Gasteiger partial charge >= 0.3 is 12.3 Å². The van der Waals surface area contributed by atoms with E-state index < -0.39 is 39.4 Å². The van der Waals surface area contributed by atoms with Gasteiger partial charge in [0.05, 0.1) is 5.25 Å². The maximum Gasteiger partial charge on any atom is 0.445 e. The number of nitrogens with zero attached hydrogens (tertiary/aromatic N) is 3. The summed E-state index contributed by atoms with van der Waals surface area (Å²) in [7, 11) is 0. The molecule has 1 fully saturated rings. The Morgan fingerprint density at radius 3 is 2.35 bits per heavy atom. The maximum atomic E-state index is 12.7. The summed E-state index contributed by atoms with van der Waals surface area (Å²) >= 11 is 1.18. The SMILES string of the molecule is CC(C)(C)C1SC(OC(N)=O)N(c2nnc(C(F)(F)F)s2)C1=O. The first-order chi connectivity index (χ1) is 10.4. The molecule has 7 nitrogen and oxygen atoms in total. The molecule has 0 radical (unpaired) electrons. The Labute approximate surface area is 137 Å². The van der Waals surface area contributed by atoms with Crippen LogP contribution in [0.15, 0.2) is 0 Å². The molecule has 128 valence electrons. The van der Waals surface area contributed by atoms with Crippen LogP contribution in [0.3, 0.4) is 0 Å². The van der Waals surface area contributed by atoms with Crippen LogP contribution in [-0.2, 0) is 15.7 Å². The van der Waals surface area contributed by atoms with E-state index in [2.05, 4.69) is 10.2 Å². The van der Waals surface area contributed by atoms with Gasteiger partial charge in [0.15, 0.2) is 0 Å². The lowest BCUT2D eigenvalue weighted by Gasteiger charge is -2.23. The zero-order chi connectivity index (χ0) is 17.6. The number of hydrogen-bond acceptors (Lipinski definition) is 7. The van der Waals surface area contributed by atoms with E-state index in [-0.39, 0.29) is 16.5 Å². The smallest absolute Gasteiger partial charge is 0.415 e. The Morgan fingerprint density at radius 2 is 1.91 bits per heavy atom. The Bertz CT molecular complexity index is 629. The van der Waals surface area contributed by atoms with Gasteiger partial charge in [0.1, 0.15) is 0 Å². The topological polar surface area (TPSA) is 98.4 Å². The van der Waals surface area contributed by atoms with Crippen LogP contribution >= 0.6 is 23.1 Å². The molecule has 12 heteroatoms. The monoisotopic (exact) mass is 370 g/mol. The van der Waals surface area contributed by atoms with Gasteiger partial charge in [0.25, 0.3) is 0 Å². The molecule has 1 aliphatic heterocycles. The molecule has 0 bridgehead atoms. The fourth-order valence-electron chi connectivity index (χ4n) is 1.83. The van der Waals surface area contributed by atoms with Gasteiger partial charge < -0.3 is 10.5 Å². The molecule has 2 atom stereocenters. The fourth-order valence-corrected chi connectivity index (χ4v) is 3.98. The molecule has 23 heavy (non-hydrogen) atoms. The molecule has 0 aliphatic carbocycles. The standard InChI is InChI=1S/C11H13F3N4O3S2/c1-10(2,3)4-5(19)18(9(22-4)21-7(15)20)8-17-16-6(23-8)11(12,13)14/h4,9H,1-3H3,(H2,15,20). The van der Waals surface area contributed by atoms with E-state index in [1.807, 2.05) is 0 Å². The molecule has 1 aromatic heterocycles. The molecule has 1 aromatic rings. The second kappa shape index (κ2) is 5.82. The van der Waals surface area contributed by atoms with Gasteiger partial charge in [0, 0.05) is 0 Å². The molecule has 2 N–H and O–H groups in total. The van der Waals surface area contributed by atoms with Crippen molar-refractivity contribution in [3.05, 3.63) is 5.01 Å². The van der Waals surface area contributed by atoms with Crippen LogP contribution in [0.2, 0.25) is 0 Å². The van der Waals surface area contributed by atoms with Crippen LogP contribution in [0.1, 0.15) is 25.8 Å². The van der Waals surface area contributed by atoms with Crippen molar-refractivity contribution in [2.75, 3.05) is 4.90 Å². The van der Waals surface area contributed by atoms with E-state index >= 15 is 0 Å². The number of thioether (sulfide) groups is 1. The van der Waals surface area contributed by atoms with Gasteiger partial charge in [-0.25, -0.2) is 9.69 Å². The van der Waals surface area contributed by atoms with Crippen LogP contribution in [-0.4, -0.2) is 33.0 Å². The number of rotatable bonds is 2. The van der Waals surface area contributed by atoms with Gasteiger partial charge in [-0.15, -0.1) is 10.2 Å². The lowest BCUT2D eigenvalue weighted by Crippen LogP contribution is -2.40. The van der Waals surface area contributed by atoms with Gasteiger partial charge in [-0.1, -0.05) is 43.9 Å². The van der Waals surface area contributed by atoms with E-state index in [4.69, 9.17) is 10.5 Å². The molecular formula is C11H13F3N4O3S2. The minimum absolute atomic E-state index is 0.197. The molecule has 2 rings (SSSR count). The van der Waals surface area contributed by atoms with Crippen LogP contribution < -0.4 is 10.6 Å². The van der Waals surface area contributed by atoms with Crippen molar-refractivity contribution < 1.29 is 27.5 Å². The number of halogens is 3. The molecule has 2 heterocycles. The van der Waals surface area contributed by atoms with Crippen LogP contribution in [0.5, 0.6) is 0 Å². The zero-order valence-electron chi connectivity index (χ0n) is 12.2. The van der Waals surface area contributed by atoms with E-state index in [9.17, 15) is 22.8 Å². The Balaban J connectivity index is 2.37. The average Bonchev–Trinajstić information content (AvgIpc) is 2.92. The van der Waals surface area contributed by atoms with Gasteiger partial charge in [-0.2, -0.15) is 13.2 Å². The summed E-state index contributed by atoms with van der Waals surface area (Å²) in [6.45, 7) is 5.36. The highest BCUT2D eigenvalue weighted by atomic mass is 32.2. The van der Waals surface area contributed by atoms with Crippen LogP contribution in [0.25, 0.3) is 0 Å². The number of amides is 2. The van der Waals surface area contributed by atoms with Crippen molar-refractivity contribution >= 4 is 40.2 Å². The highest BCUT2D eigenvalue weighted by Crippen LogP contribution is 2.45. The van der Waals surface area contributed by atoms with Crippen LogP contribution in [0.4, 0.5) is 23.1 Å². The number of anilines is 1. The minimum Gasteiger partial charge on any atom is -0.415 e. The van der Waals surface area contributed by atoms with E-state index in [1.54, 1.807) is 20.8 Å². The Morgan fingerprint density at radius 1 is 1.30 bits per heavy atom. The third-order valence-corrected chi connectivity index (χ3v) is 5.48. The number of alkyl halides is 3. The Kier molecular flexibility index (Phi) is 4.50. The lowest BCUT2D eigenvalue weighted by atomic mass is 9.91. The molecule has 1 aliphatic rings. The first-order valence-corrected chi connectivity index (χ1v) is 8.02. The average molecular weight is 370 g/mol. The summed E-state index contributed by atoms with van der Waals surface area (Å²) in [5.41, 5.74) is 3.27. The number of ether oxygens (including phenoxy) is 1. The van der Waals surface area contributed by atoms with Gasteiger partial charge in [-0.3, -0.25) is 4.79 Å². The molecule has 2 amide bonds. The number of carbonyl (C=O) groups is 2. The van der Waals surface area contributed by atoms with Crippen molar-refractivity contribution in [1.82, 2.24) is 10.2 Å². The number of hydrogen-bond donors (Lipinski definition) is 1. The molecule has 0 spiro atoms. The van der Waals surface area contributed by atoms with Crippen molar-refractivity contribution in [2.24, 2.45) is 11.1 Å². The number of primary amides is 1. The second-order valence-electron chi connectivity index (χ2n) is 5.72. The third kappa shape index (κ3) is 3.68. The van der Waals surface area contributed by atoms with Crippen molar-refractivity contribution in [3.8, 4) is 0 Å². The molecule has 1 saturated heterocycles. The largest absolute Gasteiger partial charge is 0.445 e. The first-order valence-electron chi connectivity index (χ1n) is 6.26. The third-order valence-electron chi connectivity index (χ3n) is 2.79. The van der Waals surface area contributed by atoms with Gasteiger partial charge in [-0.05, 0) is 5.41 Å². The maximum absolute atomic E-state index is 12.7. The molecule has 0 aromatic carbocycles. The summed E-state index contributed by atoms with van der Waals surface area (Å²) in [5.74, 6) is -0.515. The minimum atomic E-state index is -4.67. The highest BCUT2D eigenvalue weighted by molar-refractivity contribution is 8.01. The number of carbonyl (C=O) groups excluding carboxylic acids is 2. The highest BCUT2D eigenvalue weighted by Gasteiger charge is 2.50. The molecule has 0 saturated carbocycles. The first kappa shape index (κ1) is 17.8. The fraction of sp³-hybridized carbons (Fsp3) is 0.636. The van der Waals surface area contributed by atoms with Crippen molar-refractivity contribution in [2.45, 2.75) is 37.8 Å². The zero-order valence-corrected chi connectivity index (χ0v) is 13.9. The summed E-state index contributed by atoms with van der Waals surface area (Å²) in [6.07, 6.45) is -5.81. The predicted octanol–water partition coefficient (Wildman–Crippen LogP) is 2.43. The van der Waals surface area contributed by atoms with Gasteiger partial charge in [0.2, 0.25) is 21.6 Å². The van der Waals surface area contributed by atoms with Crippen molar-refractivity contribution in [1.29, 1.82) is 0 Å².